The molecule has 0 amide bonds. The molecule has 1 fully saturated rings. The predicted molar refractivity (Wildman–Crippen MR) is 154 cm³/mol. The summed E-state index contributed by atoms with van der Waals surface area (Å²) >= 11 is -2.90. The molecule has 36 heavy (non-hydrogen) atoms. The van der Waals surface area contributed by atoms with Crippen molar-refractivity contribution in [2.45, 2.75) is 106 Å². The Kier molecular flexibility index (Phi) is 11.2. The number of morpholine rings is 1. The summed E-state index contributed by atoms with van der Waals surface area (Å²) in [4.78, 5) is 16.2. The minimum atomic E-state index is -2.90. The van der Waals surface area contributed by atoms with Gasteiger partial charge in [-0.2, -0.15) is 0 Å². The van der Waals surface area contributed by atoms with Crippen molar-refractivity contribution in [3.63, 3.8) is 0 Å². The van der Waals surface area contributed by atoms with Crippen LogP contribution < -0.4 is 3.71 Å². The Balaban J connectivity index is 2.13. The van der Waals surface area contributed by atoms with Crippen LogP contribution in [0, 0.1) is 0 Å². The fourth-order valence-electron chi connectivity index (χ4n) is 5.58. The number of carbonyl (C=O) groups excluding carboxylic acids is 1. The maximum absolute atomic E-state index is 13.8. The zero-order chi connectivity index (χ0) is 26.2. The average molecular weight is 605 g/mol. The first-order chi connectivity index (χ1) is 17.2. The first kappa shape index (κ1) is 29.5. The molecule has 0 aliphatic carbocycles. The number of nitrogens with zero attached hydrogens (tertiary/aromatic N) is 2. The number of hydrogen-bond donors (Lipinski definition) is 0. The van der Waals surface area contributed by atoms with Crippen molar-refractivity contribution in [2.24, 2.45) is 0 Å². The average Bonchev–Trinajstić information content (AvgIpc) is 3.23. The molecule has 1 aromatic heterocycles. The monoisotopic (exact) mass is 606 g/mol. The van der Waals surface area contributed by atoms with Gasteiger partial charge in [-0.1, -0.05) is 0 Å². The van der Waals surface area contributed by atoms with Crippen LogP contribution in [0.5, 0.6) is 0 Å². The summed E-state index contributed by atoms with van der Waals surface area (Å²) in [7, 11) is 0. The zero-order valence-electron chi connectivity index (χ0n) is 23.8. The number of fused-ring (bicyclic) bond motifs is 1. The first-order valence-corrected chi connectivity index (χ1v) is 21.9. The van der Waals surface area contributed by atoms with Gasteiger partial charge in [0.15, 0.2) is 0 Å². The van der Waals surface area contributed by atoms with Gasteiger partial charge in [-0.3, -0.25) is 0 Å². The topological polar surface area (TPSA) is 43.7 Å². The van der Waals surface area contributed by atoms with Crippen molar-refractivity contribution in [3.05, 3.63) is 29.8 Å². The fraction of sp³-hybridized carbons (Fsp3) is 0.700. The zero-order valence-corrected chi connectivity index (χ0v) is 26.7. The van der Waals surface area contributed by atoms with Crippen molar-refractivity contribution in [2.75, 3.05) is 26.3 Å². The molecule has 1 aliphatic heterocycles. The molecule has 202 valence electrons. The van der Waals surface area contributed by atoms with Crippen LogP contribution in [0.2, 0.25) is 13.3 Å². The standard InChI is InChI=1S/C18H23N2O3.3C4H9.Sn/c1-18(2,3)23-17(21)20-7-6-15-12-14(4-5-16(15)20)13-19-8-10-22-11-9-19;3*1-3-4-2;/h4-6,12H,8-11,13H2,1-3H3;3*1,3-4H2,2H3;. The number of carbonyl (C=O) groups is 1. The molecule has 1 saturated heterocycles. The van der Waals surface area contributed by atoms with Gasteiger partial charge in [0, 0.05) is 0 Å². The molecule has 2 heterocycles. The maximum atomic E-state index is 13.8. The van der Waals surface area contributed by atoms with Crippen LogP contribution >= 0.6 is 0 Å². The van der Waals surface area contributed by atoms with Crippen LogP contribution in [0.4, 0.5) is 4.79 Å². The molecule has 0 N–H and O–H groups in total. The Bertz CT molecular complexity index is 951. The van der Waals surface area contributed by atoms with Crippen molar-refractivity contribution in [1.82, 2.24) is 9.47 Å². The van der Waals surface area contributed by atoms with Gasteiger partial charge in [-0.15, -0.1) is 0 Å². The molecule has 0 atom stereocenters. The van der Waals surface area contributed by atoms with Crippen LogP contribution in [-0.4, -0.2) is 65.8 Å². The van der Waals surface area contributed by atoms with Gasteiger partial charge in [0.05, 0.1) is 0 Å². The second-order valence-corrected chi connectivity index (χ2v) is 24.8. The van der Waals surface area contributed by atoms with E-state index in [2.05, 4.69) is 49.9 Å². The van der Waals surface area contributed by atoms with Crippen molar-refractivity contribution < 1.29 is 14.3 Å². The molecule has 0 saturated carbocycles. The molecule has 0 spiro atoms. The predicted octanol–water partition coefficient (Wildman–Crippen LogP) is 7.31. The van der Waals surface area contributed by atoms with Gasteiger partial charge in [0.2, 0.25) is 0 Å². The number of hydrogen-bond acceptors (Lipinski definition) is 4. The SMILES string of the molecule is CCC[CH2][Sn]([CH2]CCC)([CH2]CCC)[c]1cc2cc(CN3CCOCC3)ccc2n1C(=O)OC(C)(C)C. The van der Waals surface area contributed by atoms with E-state index in [-0.39, 0.29) is 6.09 Å². The third-order valence-corrected chi connectivity index (χ3v) is 22.9. The Morgan fingerprint density at radius 3 is 2.06 bits per heavy atom. The Morgan fingerprint density at radius 2 is 1.53 bits per heavy atom. The van der Waals surface area contributed by atoms with Gasteiger partial charge in [-0.05, 0) is 0 Å². The van der Waals surface area contributed by atoms with Crippen LogP contribution in [0.1, 0.15) is 85.6 Å². The molecule has 0 unspecified atom stereocenters. The van der Waals surface area contributed by atoms with Crippen LogP contribution in [0.3, 0.4) is 0 Å². The number of benzene rings is 1. The van der Waals surface area contributed by atoms with E-state index in [4.69, 9.17) is 9.47 Å². The molecule has 5 nitrogen and oxygen atoms in total. The van der Waals surface area contributed by atoms with Gasteiger partial charge >= 0.3 is 224 Å². The van der Waals surface area contributed by atoms with Crippen LogP contribution in [-0.2, 0) is 16.0 Å². The molecule has 0 radical (unpaired) electrons. The van der Waals surface area contributed by atoms with Crippen LogP contribution in [0.25, 0.3) is 10.9 Å². The summed E-state index contributed by atoms with van der Waals surface area (Å²) in [6.07, 6.45) is 7.25. The van der Waals surface area contributed by atoms with Crippen molar-refractivity contribution in [3.8, 4) is 0 Å². The van der Waals surface area contributed by atoms with Crippen molar-refractivity contribution in [1.29, 1.82) is 0 Å². The third-order valence-electron chi connectivity index (χ3n) is 7.52. The summed E-state index contributed by atoms with van der Waals surface area (Å²) in [5.41, 5.74) is 1.82. The van der Waals surface area contributed by atoms with Gasteiger partial charge in [-0.25, -0.2) is 0 Å². The second-order valence-electron chi connectivity index (χ2n) is 11.7. The molecule has 0 bridgehead atoms. The summed E-state index contributed by atoms with van der Waals surface area (Å²) in [5, 5.41) is 1.20. The number of rotatable bonds is 12. The molecule has 1 aliphatic rings. The third kappa shape index (κ3) is 7.73. The first-order valence-electron chi connectivity index (χ1n) is 14.4. The normalized spacial score (nSPS) is 15.5. The van der Waals surface area contributed by atoms with E-state index in [1.165, 1.54) is 66.5 Å². The van der Waals surface area contributed by atoms with E-state index >= 15 is 0 Å². The quantitative estimate of drug-likeness (QED) is 0.238. The summed E-state index contributed by atoms with van der Waals surface area (Å²) in [6.45, 7) is 17.3. The van der Waals surface area contributed by atoms with E-state index < -0.39 is 24.0 Å². The van der Waals surface area contributed by atoms with Gasteiger partial charge in [0.25, 0.3) is 0 Å². The molecular formula is C30H50N2O3Sn. The van der Waals surface area contributed by atoms with E-state index in [1.54, 1.807) is 0 Å². The Morgan fingerprint density at radius 1 is 0.944 bits per heavy atom. The number of ether oxygens (including phenoxy) is 2. The molecule has 1 aromatic carbocycles. The molecular weight excluding hydrogens is 555 g/mol. The van der Waals surface area contributed by atoms with Gasteiger partial charge in [0.1, 0.15) is 0 Å². The van der Waals surface area contributed by atoms with Crippen molar-refractivity contribution >= 4 is 39.1 Å². The summed E-state index contributed by atoms with van der Waals surface area (Å²) in [6, 6.07) is 9.13. The Labute approximate surface area is 223 Å². The molecule has 6 heteroatoms. The second kappa shape index (κ2) is 13.7. The summed E-state index contributed by atoms with van der Waals surface area (Å²) < 4.78 is 18.9. The Hall–Kier alpha value is -1.05. The summed E-state index contributed by atoms with van der Waals surface area (Å²) in [5.74, 6) is 0. The number of aromatic nitrogens is 1. The fourth-order valence-corrected chi connectivity index (χ4v) is 22.0. The van der Waals surface area contributed by atoms with E-state index in [1.807, 2.05) is 25.3 Å². The van der Waals surface area contributed by atoms with E-state index in [0.717, 1.165) is 38.4 Å². The van der Waals surface area contributed by atoms with E-state index in [9.17, 15) is 4.79 Å². The van der Waals surface area contributed by atoms with Gasteiger partial charge < -0.3 is 0 Å². The number of unbranched alkanes of at least 4 members (excludes halogenated alkanes) is 3. The van der Waals surface area contributed by atoms with Crippen LogP contribution in [0.15, 0.2) is 24.3 Å². The molecule has 3 rings (SSSR count). The minimum absolute atomic E-state index is 0.195. The van der Waals surface area contributed by atoms with E-state index in [0.29, 0.717) is 0 Å². The molecule has 2 aromatic rings.